The summed E-state index contributed by atoms with van der Waals surface area (Å²) < 4.78 is 38.0. The quantitative estimate of drug-likeness (QED) is 0.270. The third-order valence-corrected chi connectivity index (χ3v) is 7.95. The normalized spacial score (nSPS) is 18.7. The monoisotopic (exact) mass is 578 g/mol. The number of rotatable bonds is 9. The van der Waals surface area contributed by atoms with Crippen molar-refractivity contribution in [2.24, 2.45) is 0 Å². The molecule has 2 atom stereocenters. The van der Waals surface area contributed by atoms with Crippen LogP contribution >= 0.6 is 0 Å². The fourth-order valence-corrected chi connectivity index (χ4v) is 5.74. The van der Waals surface area contributed by atoms with E-state index in [2.05, 4.69) is 63.0 Å². The molecule has 0 spiro atoms. The predicted molar refractivity (Wildman–Crippen MR) is 161 cm³/mol. The maximum atomic E-state index is 15.0. The van der Waals surface area contributed by atoms with Gasteiger partial charge >= 0.3 is 0 Å². The lowest BCUT2D eigenvalue weighted by Gasteiger charge is -2.42. The number of imidazole rings is 1. The Kier molecular flexibility index (Phi) is 8.54. The van der Waals surface area contributed by atoms with E-state index in [-0.39, 0.29) is 28.8 Å². The smallest absolute Gasteiger partial charge is 0.229 e. The third-order valence-electron chi connectivity index (χ3n) is 7.95. The summed E-state index contributed by atoms with van der Waals surface area (Å²) in [5.74, 6) is 0.213. The Morgan fingerprint density at radius 3 is 2.55 bits per heavy atom. The van der Waals surface area contributed by atoms with Gasteiger partial charge < -0.3 is 19.5 Å². The first kappa shape index (κ1) is 29.9. The minimum absolute atomic E-state index is 0.00182. The van der Waals surface area contributed by atoms with Gasteiger partial charge in [0.05, 0.1) is 23.9 Å². The van der Waals surface area contributed by atoms with Crippen LogP contribution in [0.3, 0.4) is 0 Å². The highest BCUT2D eigenvalue weighted by atomic mass is 19.1. The zero-order valence-electron chi connectivity index (χ0n) is 25.4. The first-order valence-electron chi connectivity index (χ1n) is 14.4. The molecule has 0 bridgehead atoms. The summed E-state index contributed by atoms with van der Waals surface area (Å²) in [4.78, 5) is 22.0. The van der Waals surface area contributed by atoms with Crippen LogP contribution in [0.2, 0.25) is 0 Å². The number of aryl methyl sites for hydroxylation is 1. The Hall–Kier alpha value is -3.54. The van der Waals surface area contributed by atoms with Crippen LogP contribution in [0.5, 0.6) is 0 Å². The number of halogens is 2. The van der Waals surface area contributed by atoms with Gasteiger partial charge in [-0.1, -0.05) is 6.07 Å². The third kappa shape index (κ3) is 6.43. The fraction of sp³-hybridized carbons (Fsp3) is 0.484. The van der Waals surface area contributed by atoms with Crippen molar-refractivity contribution in [3.63, 3.8) is 0 Å². The lowest BCUT2D eigenvalue weighted by Crippen LogP contribution is -2.52. The molecule has 1 N–H and O–H groups in total. The van der Waals surface area contributed by atoms with Gasteiger partial charge in [-0.2, -0.15) is 0 Å². The van der Waals surface area contributed by atoms with Gasteiger partial charge in [0.15, 0.2) is 11.6 Å². The van der Waals surface area contributed by atoms with E-state index in [0.717, 1.165) is 37.8 Å². The molecule has 11 heteroatoms. The topological polar surface area (TPSA) is 84.2 Å². The molecule has 4 heterocycles. The number of nitrogens with one attached hydrogen (secondary N) is 1. The molecule has 0 unspecified atom stereocenters. The van der Waals surface area contributed by atoms with E-state index >= 15 is 4.39 Å². The van der Waals surface area contributed by atoms with Crippen LogP contribution in [-0.4, -0.2) is 79.7 Å². The van der Waals surface area contributed by atoms with Crippen molar-refractivity contribution < 1.29 is 13.5 Å². The van der Waals surface area contributed by atoms with Gasteiger partial charge in [-0.3, -0.25) is 4.90 Å². The molecule has 9 nitrogen and oxygen atoms in total. The maximum absolute atomic E-state index is 15.0. The van der Waals surface area contributed by atoms with Crippen molar-refractivity contribution in [1.29, 1.82) is 0 Å². The highest BCUT2D eigenvalue weighted by molar-refractivity contribution is 5.83. The van der Waals surface area contributed by atoms with Gasteiger partial charge in [0.25, 0.3) is 0 Å². The van der Waals surface area contributed by atoms with Crippen molar-refractivity contribution in [3.05, 3.63) is 59.7 Å². The van der Waals surface area contributed by atoms with Gasteiger partial charge in [0.2, 0.25) is 5.95 Å². The predicted octanol–water partition coefficient (Wildman–Crippen LogP) is 5.73. The maximum Gasteiger partial charge on any atom is 0.229 e. The van der Waals surface area contributed by atoms with Crippen molar-refractivity contribution in [3.8, 4) is 11.3 Å². The second kappa shape index (κ2) is 12.0. The Balaban J connectivity index is 1.30. The van der Waals surface area contributed by atoms with E-state index in [1.54, 1.807) is 6.07 Å². The highest BCUT2D eigenvalue weighted by Gasteiger charge is 2.34. The van der Waals surface area contributed by atoms with E-state index in [4.69, 9.17) is 4.74 Å². The molecule has 1 fully saturated rings. The molecule has 1 aliphatic rings. The number of fused-ring (bicyclic) bond motifs is 1. The summed E-state index contributed by atoms with van der Waals surface area (Å²) >= 11 is 0. The summed E-state index contributed by atoms with van der Waals surface area (Å²) in [5.41, 5.74) is 2.03. The second-order valence-electron chi connectivity index (χ2n) is 12.0. The van der Waals surface area contributed by atoms with Crippen molar-refractivity contribution in [2.45, 2.75) is 65.3 Å². The SMILES string of the molecule is Cc1nc2c(F)cc(-c3nc(Nc4ccc(CN5CCO[C@](C)(C[C@@H](C)N(C)C)C5)cn4)ncc3F)cc2n1C(C)C. The van der Waals surface area contributed by atoms with E-state index in [0.29, 0.717) is 35.4 Å². The summed E-state index contributed by atoms with van der Waals surface area (Å²) in [7, 11) is 4.19. The van der Waals surface area contributed by atoms with Crippen molar-refractivity contribution in [1.82, 2.24) is 34.3 Å². The summed E-state index contributed by atoms with van der Waals surface area (Å²) in [5, 5.41) is 3.05. The average molecular weight is 579 g/mol. The van der Waals surface area contributed by atoms with Gasteiger partial charge in [-0.15, -0.1) is 0 Å². The van der Waals surface area contributed by atoms with E-state index in [1.165, 1.54) is 6.07 Å². The zero-order chi connectivity index (χ0) is 30.2. The highest BCUT2D eigenvalue weighted by Crippen LogP contribution is 2.31. The zero-order valence-corrected chi connectivity index (χ0v) is 25.4. The molecule has 42 heavy (non-hydrogen) atoms. The molecule has 1 aromatic carbocycles. The van der Waals surface area contributed by atoms with Crippen LogP contribution in [0.15, 0.2) is 36.7 Å². The molecule has 1 aliphatic heterocycles. The molecule has 0 aliphatic carbocycles. The molecule has 0 saturated carbocycles. The average Bonchev–Trinajstić information content (AvgIpc) is 3.27. The van der Waals surface area contributed by atoms with Crippen LogP contribution in [0.4, 0.5) is 20.5 Å². The number of morpholine rings is 1. The van der Waals surface area contributed by atoms with Crippen molar-refractivity contribution >= 4 is 22.8 Å². The first-order chi connectivity index (χ1) is 19.9. The van der Waals surface area contributed by atoms with Crippen LogP contribution in [-0.2, 0) is 11.3 Å². The molecule has 224 valence electrons. The number of anilines is 2. The Labute approximate surface area is 246 Å². The number of benzene rings is 1. The molecule has 0 amide bonds. The van der Waals surface area contributed by atoms with Crippen LogP contribution in [0, 0.1) is 18.6 Å². The number of ether oxygens (including phenoxy) is 1. The molecule has 5 rings (SSSR count). The van der Waals surface area contributed by atoms with Crippen LogP contribution in [0.1, 0.15) is 51.5 Å². The Morgan fingerprint density at radius 1 is 1.07 bits per heavy atom. The number of nitrogens with zero attached hydrogens (tertiary/aromatic N) is 7. The van der Waals surface area contributed by atoms with Crippen LogP contribution < -0.4 is 5.32 Å². The van der Waals surface area contributed by atoms with Gasteiger partial charge in [0.1, 0.15) is 22.9 Å². The molecule has 4 aromatic rings. The van der Waals surface area contributed by atoms with Crippen molar-refractivity contribution in [2.75, 3.05) is 39.1 Å². The lowest BCUT2D eigenvalue weighted by molar-refractivity contribution is -0.111. The molecular weight excluding hydrogens is 538 g/mol. The van der Waals surface area contributed by atoms with E-state index < -0.39 is 11.6 Å². The molecular formula is C31H40F2N8O. The van der Waals surface area contributed by atoms with Gasteiger partial charge in [0, 0.05) is 43.5 Å². The van der Waals surface area contributed by atoms with Crippen LogP contribution in [0.25, 0.3) is 22.3 Å². The largest absolute Gasteiger partial charge is 0.373 e. The number of hydrogen-bond donors (Lipinski definition) is 1. The minimum atomic E-state index is -0.646. The second-order valence-corrected chi connectivity index (χ2v) is 12.0. The van der Waals surface area contributed by atoms with Gasteiger partial charge in [-0.05, 0) is 78.9 Å². The first-order valence-corrected chi connectivity index (χ1v) is 14.4. The molecule has 0 radical (unpaired) electrons. The molecule has 3 aromatic heterocycles. The molecule has 1 saturated heterocycles. The Morgan fingerprint density at radius 2 is 1.86 bits per heavy atom. The standard InChI is InChI=1S/C31H40F2N8O/c1-19(2)41-21(4)36-29-24(32)12-23(13-26(29)41)28-25(33)16-35-30(38-28)37-27-9-8-22(15-34-27)17-40-10-11-42-31(5,18-40)14-20(3)39(6)7/h8-9,12-13,15-16,19-20H,10-11,14,17-18H2,1-7H3,(H,34,35,37,38)/t20-,31-/m1/s1. The summed E-state index contributed by atoms with van der Waals surface area (Å²) in [6.07, 6.45) is 3.86. The number of pyridine rings is 1. The van der Waals surface area contributed by atoms with E-state index in [9.17, 15) is 4.39 Å². The number of aromatic nitrogens is 5. The van der Waals surface area contributed by atoms with E-state index in [1.807, 2.05) is 43.7 Å². The fourth-order valence-electron chi connectivity index (χ4n) is 5.74. The van der Waals surface area contributed by atoms with Gasteiger partial charge in [-0.25, -0.2) is 28.7 Å². The lowest BCUT2D eigenvalue weighted by atomic mass is 9.94. The Bertz CT molecular complexity index is 1560. The summed E-state index contributed by atoms with van der Waals surface area (Å²) in [6.45, 7) is 13.4. The number of hydrogen-bond acceptors (Lipinski definition) is 8. The minimum Gasteiger partial charge on any atom is -0.373 e. The summed E-state index contributed by atoms with van der Waals surface area (Å²) in [6, 6.07) is 7.33.